The second kappa shape index (κ2) is 3.14. The summed E-state index contributed by atoms with van der Waals surface area (Å²) in [5.74, 6) is 1.03. The van der Waals surface area contributed by atoms with Crippen molar-refractivity contribution in [2.24, 2.45) is 7.05 Å². The van der Waals surface area contributed by atoms with E-state index in [1.165, 1.54) is 12.8 Å². The summed E-state index contributed by atoms with van der Waals surface area (Å²) in [6, 6.07) is 0.397. The molecule has 0 radical (unpaired) electrons. The SMILES string of the molecule is Cn1nc(Br)nc1C1CCCN1. The molecule has 4 nitrogen and oxygen atoms in total. The Bertz CT molecular complexity index is 277. The fourth-order valence-corrected chi connectivity index (χ4v) is 1.99. The Morgan fingerprint density at radius 2 is 2.50 bits per heavy atom. The van der Waals surface area contributed by atoms with Gasteiger partial charge in [0.05, 0.1) is 6.04 Å². The first kappa shape index (κ1) is 8.19. The first-order valence-corrected chi connectivity index (χ1v) is 4.86. The van der Waals surface area contributed by atoms with Gasteiger partial charge in [-0.2, -0.15) is 0 Å². The lowest BCUT2D eigenvalue weighted by Crippen LogP contribution is -2.17. The van der Waals surface area contributed by atoms with Gasteiger partial charge in [-0.1, -0.05) is 0 Å². The zero-order valence-electron chi connectivity index (χ0n) is 6.92. The molecule has 1 fully saturated rings. The van der Waals surface area contributed by atoms with Crippen molar-refractivity contribution in [3.63, 3.8) is 0 Å². The van der Waals surface area contributed by atoms with Crippen molar-refractivity contribution >= 4 is 15.9 Å². The van der Waals surface area contributed by atoms with E-state index in [0.717, 1.165) is 12.4 Å². The molecule has 1 aromatic heterocycles. The maximum absolute atomic E-state index is 4.30. The number of nitrogens with zero attached hydrogens (tertiary/aromatic N) is 3. The topological polar surface area (TPSA) is 42.7 Å². The summed E-state index contributed by atoms with van der Waals surface area (Å²) >= 11 is 3.26. The van der Waals surface area contributed by atoms with Crippen molar-refractivity contribution in [1.82, 2.24) is 20.1 Å². The van der Waals surface area contributed by atoms with Gasteiger partial charge in [0.2, 0.25) is 4.73 Å². The molecule has 0 amide bonds. The van der Waals surface area contributed by atoms with Gasteiger partial charge >= 0.3 is 0 Å². The van der Waals surface area contributed by atoms with Crippen LogP contribution in [-0.4, -0.2) is 21.3 Å². The van der Waals surface area contributed by atoms with E-state index in [1.54, 1.807) is 0 Å². The van der Waals surface area contributed by atoms with Crippen LogP contribution in [0.15, 0.2) is 4.73 Å². The van der Waals surface area contributed by atoms with Crippen LogP contribution in [0.4, 0.5) is 0 Å². The van der Waals surface area contributed by atoms with Gasteiger partial charge in [0, 0.05) is 7.05 Å². The lowest BCUT2D eigenvalue weighted by molar-refractivity contribution is 0.559. The van der Waals surface area contributed by atoms with E-state index in [4.69, 9.17) is 0 Å². The molecule has 1 aliphatic rings. The summed E-state index contributed by atoms with van der Waals surface area (Å²) in [6.07, 6.45) is 2.40. The van der Waals surface area contributed by atoms with E-state index >= 15 is 0 Å². The maximum Gasteiger partial charge on any atom is 0.217 e. The third kappa shape index (κ3) is 1.38. The molecule has 1 unspecified atom stereocenters. The van der Waals surface area contributed by atoms with Gasteiger partial charge in [-0.25, -0.2) is 4.98 Å². The number of hydrogen-bond acceptors (Lipinski definition) is 3. The summed E-state index contributed by atoms with van der Waals surface area (Å²) in [4.78, 5) is 4.30. The molecule has 12 heavy (non-hydrogen) atoms. The number of halogens is 1. The number of nitrogens with one attached hydrogen (secondary N) is 1. The summed E-state index contributed by atoms with van der Waals surface area (Å²) in [7, 11) is 1.92. The van der Waals surface area contributed by atoms with Crippen LogP contribution < -0.4 is 5.32 Å². The van der Waals surface area contributed by atoms with Crippen LogP contribution in [0.2, 0.25) is 0 Å². The number of hydrogen-bond donors (Lipinski definition) is 1. The van der Waals surface area contributed by atoms with Crippen molar-refractivity contribution in [1.29, 1.82) is 0 Å². The average molecular weight is 231 g/mol. The fourth-order valence-electron chi connectivity index (χ4n) is 1.57. The largest absolute Gasteiger partial charge is 0.307 e. The molecule has 1 saturated heterocycles. The molecule has 1 atom stereocenters. The third-order valence-electron chi connectivity index (χ3n) is 2.14. The van der Waals surface area contributed by atoms with Crippen LogP contribution in [0.1, 0.15) is 24.7 Å². The molecule has 0 spiro atoms. The molecule has 66 valence electrons. The van der Waals surface area contributed by atoms with Crippen molar-refractivity contribution in [3.8, 4) is 0 Å². The van der Waals surface area contributed by atoms with Crippen LogP contribution in [0.5, 0.6) is 0 Å². The minimum absolute atomic E-state index is 0.397. The second-order valence-corrected chi connectivity index (χ2v) is 3.72. The normalized spacial score (nSPS) is 23.3. The molecule has 0 bridgehead atoms. The van der Waals surface area contributed by atoms with Gasteiger partial charge in [0.25, 0.3) is 0 Å². The Labute approximate surface area is 79.5 Å². The van der Waals surface area contributed by atoms with Crippen LogP contribution in [0, 0.1) is 0 Å². The molecule has 2 rings (SSSR count). The molecule has 1 aromatic rings. The summed E-state index contributed by atoms with van der Waals surface area (Å²) in [6.45, 7) is 1.09. The van der Waals surface area contributed by atoms with E-state index < -0.39 is 0 Å². The van der Waals surface area contributed by atoms with E-state index in [-0.39, 0.29) is 0 Å². The molecule has 0 saturated carbocycles. The summed E-state index contributed by atoms with van der Waals surface area (Å²) in [5, 5.41) is 7.52. The zero-order chi connectivity index (χ0) is 8.55. The minimum Gasteiger partial charge on any atom is -0.307 e. The smallest absolute Gasteiger partial charge is 0.217 e. The lowest BCUT2D eigenvalue weighted by atomic mass is 10.2. The molecule has 0 aliphatic carbocycles. The van der Waals surface area contributed by atoms with Crippen LogP contribution in [0.25, 0.3) is 0 Å². The highest BCUT2D eigenvalue weighted by atomic mass is 79.9. The quantitative estimate of drug-likeness (QED) is 0.784. The molecule has 5 heteroatoms. The van der Waals surface area contributed by atoms with Crippen LogP contribution in [0.3, 0.4) is 0 Å². The number of rotatable bonds is 1. The van der Waals surface area contributed by atoms with Crippen molar-refractivity contribution in [2.75, 3.05) is 6.54 Å². The molecular formula is C7H11BrN4. The highest BCUT2D eigenvalue weighted by Crippen LogP contribution is 2.21. The number of aryl methyl sites for hydroxylation is 1. The Kier molecular flexibility index (Phi) is 2.14. The number of aromatic nitrogens is 3. The Hall–Kier alpha value is -0.420. The Morgan fingerprint density at radius 1 is 1.67 bits per heavy atom. The molecule has 1 aliphatic heterocycles. The van der Waals surface area contributed by atoms with E-state index in [2.05, 4.69) is 31.3 Å². The highest BCUT2D eigenvalue weighted by molar-refractivity contribution is 9.10. The fraction of sp³-hybridized carbons (Fsp3) is 0.714. The van der Waals surface area contributed by atoms with Gasteiger partial charge in [0.15, 0.2) is 0 Å². The van der Waals surface area contributed by atoms with Crippen LogP contribution >= 0.6 is 15.9 Å². The summed E-state index contributed by atoms with van der Waals surface area (Å²) < 4.78 is 2.50. The molecule has 0 aromatic carbocycles. The minimum atomic E-state index is 0.397. The highest BCUT2D eigenvalue weighted by Gasteiger charge is 2.21. The Morgan fingerprint density at radius 3 is 3.00 bits per heavy atom. The van der Waals surface area contributed by atoms with Gasteiger partial charge in [0.1, 0.15) is 5.82 Å². The second-order valence-electron chi connectivity index (χ2n) is 3.01. The third-order valence-corrected chi connectivity index (χ3v) is 2.48. The summed E-state index contributed by atoms with van der Waals surface area (Å²) in [5.41, 5.74) is 0. The lowest BCUT2D eigenvalue weighted by Gasteiger charge is -2.07. The predicted octanol–water partition coefficient (Wildman–Crippen LogP) is 1.00. The maximum atomic E-state index is 4.30. The van der Waals surface area contributed by atoms with E-state index in [1.807, 2.05) is 11.7 Å². The molecular weight excluding hydrogens is 220 g/mol. The van der Waals surface area contributed by atoms with Crippen LogP contribution in [-0.2, 0) is 7.05 Å². The van der Waals surface area contributed by atoms with E-state index in [9.17, 15) is 0 Å². The van der Waals surface area contributed by atoms with Crippen molar-refractivity contribution in [3.05, 3.63) is 10.6 Å². The predicted molar refractivity (Wildman–Crippen MR) is 48.7 cm³/mol. The van der Waals surface area contributed by atoms with Gasteiger partial charge in [-0.3, -0.25) is 4.68 Å². The van der Waals surface area contributed by atoms with Crippen molar-refractivity contribution in [2.45, 2.75) is 18.9 Å². The Balaban J connectivity index is 2.25. The standard InChI is InChI=1S/C7H11BrN4/c1-12-6(10-7(8)11-12)5-3-2-4-9-5/h5,9H,2-4H2,1H3. The van der Waals surface area contributed by atoms with Gasteiger partial charge in [-0.15, -0.1) is 5.10 Å². The first-order valence-electron chi connectivity index (χ1n) is 4.07. The monoisotopic (exact) mass is 230 g/mol. The first-order chi connectivity index (χ1) is 5.77. The molecule has 2 heterocycles. The van der Waals surface area contributed by atoms with Gasteiger partial charge in [-0.05, 0) is 35.3 Å². The molecule has 1 N–H and O–H groups in total. The average Bonchev–Trinajstić information content (AvgIpc) is 2.58. The zero-order valence-corrected chi connectivity index (χ0v) is 8.50. The van der Waals surface area contributed by atoms with Crippen molar-refractivity contribution < 1.29 is 0 Å². The van der Waals surface area contributed by atoms with Gasteiger partial charge < -0.3 is 5.32 Å². The van der Waals surface area contributed by atoms with E-state index in [0.29, 0.717) is 10.8 Å².